The molecule has 0 aromatic carbocycles. The van der Waals surface area contributed by atoms with Gasteiger partial charge in [0, 0.05) is 25.8 Å². The van der Waals surface area contributed by atoms with Crippen molar-refractivity contribution in [2.45, 2.75) is 46.6 Å². The van der Waals surface area contributed by atoms with Crippen molar-refractivity contribution in [1.82, 2.24) is 15.1 Å². The molecule has 3 nitrogen and oxygen atoms in total. The zero-order valence-electron chi connectivity index (χ0n) is 11.2. The van der Waals surface area contributed by atoms with Crippen molar-refractivity contribution in [2.75, 3.05) is 6.54 Å². The Morgan fingerprint density at radius 2 is 2.19 bits per heavy atom. The van der Waals surface area contributed by atoms with Crippen LogP contribution in [0.5, 0.6) is 0 Å². The van der Waals surface area contributed by atoms with Crippen LogP contribution < -0.4 is 5.32 Å². The van der Waals surface area contributed by atoms with Gasteiger partial charge in [0.1, 0.15) is 0 Å². The summed E-state index contributed by atoms with van der Waals surface area (Å²) in [6.45, 7) is 10.0. The van der Waals surface area contributed by atoms with E-state index in [4.69, 9.17) is 0 Å². The summed E-state index contributed by atoms with van der Waals surface area (Å²) in [4.78, 5) is 0. The molecular weight excluding hydrogens is 198 g/mol. The fourth-order valence-corrected chi connectivity index (χ4v) is 1.76. The molecule has 1 heterocycles. The van der Waals surface area contributed by atoms with Crippen molar-refractivity contribution >= 4 is 0 Å². The molecule has 0 saturated heterocycles. The first-order valence-electron chi connectivity index (χ1n) is 6.17. The molecule has 0 fully saturated rings. The molecule has 0 aliphatic heterocycles. The van der Waals surface area contributed by atoms with Crippen molar-refractivity contribution in [3.05, 3.63) is 18.0 Å². The van der Waals surface area contributed by atoms with E-state index in [1.54, 1.807) is 0 Å². The summed E-state index contributed by atoms with van der Waals surface area (Å²) < 4.78 is 1.88. The van der Waals surface area contributed by atoms with Gasteiger partial charge in [-0.25, -0.2) is 0 Å². The van der Waals surface area contributed by atoms with Crippen molar-refractivity contribution in [3.8, 4) is 0 Å². The molecule has 0 bridgehead atoms. The summed E-state index contributed by atoms with van der Waals surface area (Å²) in [5, 5.41) is 7.99. The number of aromatic nitrogens is 2. The predicted octanol–water partition coefficient (Wildman–Crippen LogP) is 2.38. The van der Waals surface area contributed by atoms with Gasteiger partial charge < -0.3 is 5.32 Å². The Morgan fingerprint density at radius 3 is 2.62 bits per heavy atom. The fraction of sp³-hybridized carbons (Fsp3) is 0.769. The van der Waals surface area contributed by atoms with E-state index in [1.165, 1.54) is 12.1 Å². The van der Waals surface area contributed by atoms with Crippen LogP contribution >= 0.6 is 0 Å². The van der Waals surface area contributed by atoms with E-state index in [0.717, 1.165) is 13.0 Å². The smallest absolute Gasteiger partial charge is 0.0630 e. The molecule has 0 spiro atoms. The Bertz CT molecular complexity index is 317. The topological polar surface area (TPSA) is 29.9 Å². The van der Waals surface area contributed by atoms with Crippen LogP contribution in [-0.4, -0.2) is 22.4 Å². The zero-order valence-corrected chi connectivity index (χ0v) is 11.2. The van der Waals surface area contributed by atoms with Crippen LogP contribution in [0.1, 0.15) is 39.8 Å². The second-order valence-electron chi connectivity index (χ2n) is 5.36. The lowest BCUT2D eigenvalue weighted by Gasteiger charge is -2.29. The Hall–Kier alpha value is -0.830. The van der Waals surface area contributed by atoms with E-state index in [2.05, 4.69) is 44.2 Å². The van der Waals surface area contributed by atoms with Gasteiger partial charge in [-0.1, -0.05) is 27.7 Å². The highest BCUT2D eigenvalue weighted by Gasteiger charge is 2.23. The molecule has 16 heavy (non-hydrogen) atoms. The van der Waals surface area contributed by atoms with Gasteiger partial charge in [-0.05, 0) is 24.3 Å². The van der Waals surface area contributed by atoms with Crippen LogP contribution in [0.2, 0.25) is 0 Å². The van der Waals surface area contributed by atoms with Gasteiger partial charge in [0.2, 0.25) is 0 Å². The maximum absolute atomic E-state index is 4.46. The summed E-state index contributed by atoms with van der Waals surface area (Å²) in [6, 6.07) is 2.66. The molecule has 1 aromatic heterocycles. The maximum atomic E-state index is 4.46. The Morgan fingerprint density at radius 1 is 1.50 bits per heavy atom. The lowest BCUT2D eigenvalue weighted by Crippen LogP contribution is -2.36. The first-order valence-corrected chi connectivity index (χ1v) is 6.17. The van der Waals surface area contributed by atoms with Gasteiger partial charge in [-0.3, -0.25) is 4.68 Å². The van der Waals surface area contributed by atoms with Gasteiger partial charge in [-0.15, -0.1) is 0 Å². The van der Waals surface area contributed by atoms with Gasteiger partial charge >= 0.3 is 0 Å². The molecule has 1 unspecified atom stereocenters. The normalized spacial score (nSPS) is 15.4. The lowest BCUT2D eigenvalue weighted by molar-refractivity contribution is 0.278. The first kappa shape index (κ1) is 13.2. The van der Waals surface area contributed by atoms with E-state index in [1.807, 2.05) is 17.9 Å². The third kappa shape index (κ3) is 3.97. The SMILES string of the molecule is CCC(C)(CNC(C)C)Cc1ccn(C)n1. The highest BCUT2D eigenvalue weighted by atomic mass is 15.2. The summed E-state index contributed by atoms with van der Waals surface area (Å²) in [7, 11) is 1.97. The maximum Gasteiger partial charge on any atom is 0.0630 e. The van der Waals surface area contributed by atoms with E-state index < -0.39 is 0 Å². The third-order valence-corrected chi connectivity index (χ3v) is 3.17. The predicted molar refractivity (Wildman–Crippen MR) is 68.4 cm³/mol. The minimum Gasteiger partial charge on any atom is -0.314 e. The summed E-state index contributed by atoms with van der Waals surface area (Å²) in [5.74, 6) is 0. The number of hydrogen-bond donors (Lipinski definition) is 1. The standard InChI is InChI=1S/C13H25N3/c1-6-13(4,10-14-11(2)3)9-12-7-8-16(5)15-12/h7-8,11,14H,6,9-10H2,1-5H3. The molecule has 92 valence electrons. The minimum absolute atomic E-state index is 0.304. The van der Waals surface area contributed by atoms with E-state index in [9.17, 15) is 0 Å². The number of nitrogens with one attached hydrogen (secondary N) is 1. The molecule has 1 rings (SSSR count). The lowest BCUT2D eigenvalue weighted by atomic mass is 9.82. The Kier molecular flexibility index (Phi) is 4.54. The summed E-state index contributed by atoms with van der Waals surface area (Å²) in [6.07, 6.45) is 4.23. The molecule has 3 heteroatoms. The van der Waals surface area contributed by atoms with E-state index >= 15 is 0 Å². The largest absolute Gasteiger partial charge is 0.314 e. The fourth-order valence-electron chi connectivity index (χ4n) is 1.76. The van der Waals surface area contributed by atoms with Gasteiger partial charge in [0.15, 0.2) is 0 Å². The number of aryl methyl sites for hydroxylation is 1. The molecule has 1 N–H and O–H groups in total. The van der Waals surface area contributed by atoms with Crippen LogP contribution in [0, 0.1) is 5.41 Å². The summed E-state index contributed by atoms with van der Waals surface area (Å²) >= 11 is 0. The zero-order chi connectivity index (χ0) is 12.2. The van der Waals surface area contributed by atoms with E-state index in [-0.39, 0.29) is 0 Å². The second kappa shape index (κ2) is 5.48. The van der Waals surface area contributed by atoms with Crippen molar-refractivity contribution in [2.24, 2.45) is 12.5 Å². The average molecular weight is 223 g/mol. The highest BCUT2D eigenvalue weighted by Crippen LogP contribution is 2.25. The average Bonchev–Trinajstić information content (AvgIpc) is 2.61. The van der Waals surface area contributed by atoms with Crippen LogP contribution in [0.4, 0.5) is 0 Å². The third-order valence-electron chi connectivity index (χ3n) is 3.17. The van der Waals surface area contributed by atoms with Crippen LogP contribution in [0.15, 0.2) is 12.3 Å². The molecule has 1 aromatic rings. The molecule has 0 amide bonds. The van der Waals surface area contributed by atoms with Crippen LogP contribution in [0.3, 0.4) is 0 Å². The van der Waals surface area contributed by atoms with Crippen molar-refractivity contribution in [3.63, 3.8) is 0 Å². The quantitative estimate of drug-likeness (QED) is 0.802. The highest BCUT2D eigenvalue weighted by molar-refractivity contribution is 5.02. The Labute approximate surface area is 99.2 Å². The van der Waals surface area contributed by atoms with Gasteiger partial charge in [-0.2, -0.15) is 5.10 Å². The number of nitrogens with zero attached hydrogens (tertiary/aromatic N) is 2. The van der Waals surface area contributed by atoms with Crippen molar-refractivity contribution < 1.29 is 0 Å². The molecule has 0 aliphatic rings. The monoisotopic (exact) mass is 223 g/mol. The van der Waals surface area contributed by atoms with Gasteiger partial charge in [0.25, 0.3) is 0 Å². The van der Waals surface area contributed by atoms with Crippen molar-refractivity contribution in [1.29, 1.82) is 0 Å². The number of rotatable bonds is 6. The summed E-state index contributed by atoms with van der Waals surface area (Å²) in [5.41, 5.74) is 1.50. The molecule has 0 saturated carbocycles. The first-order chi connectivity index (χ1) is 7.45. The minimum atomic E-state index is 0.304. The van der Waals surface area contributed by atoms with Gasteiger partial charge in [0.05, 0.1) is 5.69 Å². The molecular formula is C13H25N3. The number of hydrogen-bond acceptors (Lipinski definition) is 2. The molecule has 1 atom stereocenters. The second-order valence-corrected chi connectivity index (χ2v) is 5.36. The van der Waals surface area contributed by atoms with E-state index in [0.29, 0.717) is 11.5 Å². The van der Waals surface area contributed by atoms with Crippen LogP contribution in [-0.2, 0) is 13.5 Å². The molecule has 0 radical (unpaired) electrons. The Balaban J connectivity index is 2.58. The van der Waals surface area contributed by atoms with Crippen LogP contribution in [0.25, 0.3) is 0 Å². The molecule has 0 aliphatic carbocycles.